The van der Waals surface area contributed by atoms with Gasteiger partial charge in [0.1, 0.15) is 0 Å². The summed E-state index contributed by atoms with van der Waals surface area (Å²) in [5, 5.41) is 3.07. The molecule has 1 fully saturated rings. The average molecular weight is 413 g/mol. The van der Waals surface area contributed by atoms with Gasteiger partial charge in [0.05, 0.1) is 21.3 Å². The van der Waals surface area contributed by atoms with E-state index in [4.69, 9.17) is 14.2 Å². The van der Waals surface area contributed by atoms with Crippen molar-refractivity contribution in [2.45, 2.75) is 32.9 Å². The zero-order valence-electron chi connectivity index (χ0n) is 18.4. The molecule has 2 aromatic carbocycles. The molecular formula is C24H32N2O4. The first-order chi connectivity index (χ1) is 14.5. The van der Waals surface area contributed by atoms with Crippen LogP contribution in [-0.4, -0.2) is 45.2 Å². The van der Waals surface area contributed by atoms with E-state index in [1.807, 2.05) is 12.1 Å². The summed E-state index contributed by atoms with van der Waals surface area (Å²) in [6.07, 6.45) is 1.76. The summed E-state index contributed by atoms with van der Waals surface area (Å²) >= 11 is 0. The fourth-order valence-electron chi connectivity index (χ4n) is 3.88. The monoisotopic (exact) mass is 412 g/mol. The van der Waals surface area contributed by atoms with Crippen LogP contribution >= 0.6 is 0 Å². The van der Waals surface area contributed by atoms with E-state index in [1.54, 1.807) is 21.3 Å². The largest absolute Gasteiger partial charge is 0.493 e. The van der Waals surface area contributed by atoms with E-state index in [1.165, 1.54) is 11.1 Å². The Labute approximate surface area is 179 Å². The molecule has 1 heterocycles. The summed E-state index contributed by atoms with van der Waals surface area (Å²) in [7, 11) is 4.75. The van der Waals surface area contributed by atoms with Gasteiger partial charge in [-0.25, -0.2) is 0 Å². The van der Waals surface area contributed by atoms with Gasteiger partial charge in [-0.2, -0.15) is 0 Å². The summed E-state index contributed by atoms with van der Waals surface area (Å²) in [5.74, 6) is 1.90. The lowest BCUT2D eigenvalue weighted by Gasteiger charge is -2.31. The summed E-state index contributed by atoms with van der Waals surface area (Å²) in [6.45, 7) is 5.36. The molecule has 2 aromatic rings. The van der Waals surface area contributed by atoms with Gasteiger partial charge in [0.2, 0.25) is 11.7 Å². The predicted octanol–water partition coefficient (Wildman–Crippen LogP) is 3.55. The molecule has 0 spiro atoms. The second-order valence-electron chi connectivity index (χ2n) is 7.79. The van der Waals surface area contributed by atoms with E-state index in [0.717, 1.165) is 38.0 Å². The van der Waals surface area contributed by atoms with E-state index in [2.05, 4.69) is 41.4 Å². The van der Waals surface area contributed by atoms with Gasteiger partial charge in [-0.15, -0.1) is 0 Å². The fraction of sp³-hybridized carbons (Fsp3) is 0.458. The van der Waals surface area contributed by atoms with Crippen molar-refractivity contribution >= 4 is 5.91 Å². The number of hydrogen-bond acceptors (Lipinski definition) is 5. The third kappa shape index (κ3) is 5.45. The number of hydrogen-bond donors (Lipinski definition) is 1. The minimum Gasteiger partial charge on any atom is -0.493 e. The van der Waals surface area contributed by atoms with Gasteiger partial charge in [-0.3, -0.25) is 9.69 Å². The Kier molecular flexibility index (Phi) is 7.57. The Bertz CT molecular complexity index is 818. The number of carbonyl (C=O) groups excluding carboxylic acids is 1. The molecule has 0 unspecified atom stereocenters. The van der Waals surface area contributed by atoms with Crippen molar-refractivity contribution in [2.24, 2.45) is 5.92 Å². The molecule has 30 heavy (non-hydrogen) atoms. The third-order valence-corrected chi connectivity index (χ3v) is 5.68. The van der Waals surface area contributed by atoms with Crippen LogP contribution in [-0.2, 0) is 17.9 Å². The summed E-state index contributed by atoms with van der Waals surface area (Å²) in [5.41, 5.74) is 3.52. The quantitative estimate of drug-likeness (QED) is 0.719. The molecule has 0 radical (unpaired) electrons. The fourth-order valence-corrected chi connectivity index (χ4v) is 3.88. The zero-order chi connectivity index (χ0) is 21.5. The maximum atomic E-state index is 12.7. The predicted molar refractivity (Wildman–Crippen MR) is 117 cm³/mol. The molecule has 0 aliphatic carbocycles. The lowest BCUT2D eigenvalue weighted by molar-refractivity contribution is -0.126. The van der Waals surface area contributed by atoms with E-state index in [-0.39, 0.29) is 11.8 Å². The maximum absolute atomic E-state index is 12.7. The molecular weight excluding hydrogens is 380 g/mol. The van der Waals surface area contributed by atoms with Crippen LogP contribution in [0.2, 0.25) is 0 Å². The van der Waals surface area contributed by atoms with Crippen LogP contribution in [0.1, 0.15) is 29.5 Å². The minimum atomic E-state index is 0.0568. The van der Waals surface area contributed by atoms with E-state index >= 15 is 0 Å². The Morgan fingerprint density at radius 1 is 0.967 bits per heavy atom. The van der Waals surface area contributed by atoms with E-state index in [0.29, 0.717) is 23.8 Å². The summed E-state index contributed by atoms with van der Waals surface area (Å²) in [4.78, 5) is 15.1. The number of amides is 1. The number of nitrogens with zero attached hydrogens (tertiary/aromatic N) is 1. The minimum absolute atomic E-state index is 0.0568. The van der Waals surface area contributed by atoms with Gasteiger partial charge >= 0.3 is 0 Å². The highest BCUT2D eigenvalue weighted by Crippen LogP contribution is 2.38. The topological polar surface area (TPSA) is 60.0 Å². The standard InChI is InChI=1S/C24H32N2O4/c1-17-5-7-18(8-6-17)16-26-11-9-20(10-12-26)24(27)25-15-19-13-21(28-2)23(30-4)22(14-19)29-3/h5-8,13-14,20H,9-12,15-16H2,1-4H3,(H,25,27). The van der Waals surface area contributed by atoms with Crippen molar-refractivity contribution in [2.75, 3.05) is 34.4 Å². The van der Waals surface area contributed by atoms with Gasteiger partial charge in [0.25, 0.3) is 0 Å². The Hall–Kier alpha value is -2.73. The number of piperidine rings is 1. The molecule has 1 aliphatic heterocycles. The number of benzene rings is 2. The number of carbonyl (C=O) groups is 1. The second-order valence-corrected chi connectivity index (χ2v) is 7.79. The van der Waals surface area contributed by atoms with Crippen molar-refractivity contribution in [1.82, 2.24) is 10.2 Å². The Morgan fingerprint density at radius 2 is 1.57 bits per heavy atom. The molecule has 162 valence electrons. The molecule has 1 amide bonds. The zero-order valence-corrected chi connectivity index (χ0v) is 18.4. The number of ether oxygens (including phenoxy) is 3. The van der Waals surface area contributed by atoms with Crippen LogP contribution in [0.5, 0.6) is 17.2 Å². The molecule has 0 aromatic heterocycles. The van der Waals surface area contributed by atoms with E-state index < -0.39 is 0 Å². The van der Waals surface area contributed by atoms with Gasteiger partial charge in [-0.05, 0) is 56.1 Å². The van der Waals surface area contributed by atoms with Crippen LogP contribution in [0.3, 0.4) is 0 Å². The van der Waals surface area contributed by atoms with Crippen molar-refractivity contribution in [3.63, 3.8) is 0 Å². The molecule has 0 bridgehead atoms. The third-order valence-electron chi connectivity index (χ3n) is 5.68. The molecule has 0 atom stereocenters. The van der Waals surface area contributed by atoms with Crippen molar-refractivity contribution in [1.29, 1.82) is 0 Å². The van der Waals surface area contributed by atoms with E-state index in [9.17, 15) is 4.79 Å². The summed E-state index contributed by atoms with van der Waals surface area (Å²) in [6, 6.07) is 12.4. The first kappa shape index (κ1) is 22.0. The highest BCUT2D eigenvalue weighted by atomic mass is 16.5. The second kappa shape index (κ2) is 10.3. The summed E-state index contributed by atoms with van der Waals surface area (Å²) < 4.78 is 16.1. The highest BCUT2D eigenvalue weighted by molar-refractivity contribution is 5.78. The number of likely N-dealkylation sites (tertiary alicyclic amines) is 1. The van der Waals surface area contributed by atoms with Gasteiger partial charge in [0, 0.05) is 19.0 Å². The van der Waals surface area contributed by atoms with Crippen LogP contribution in [0.25, 0.3) is 0 Å². The first-order valence-corrected chi connectivity index (χ1v) is 10.4. The van der Waals surface area contributed by atoms with Crippen LogP contribution in [0.15, 0.2) is 36.4 Å². The highest BCUT2D eigenvalue weighted by Gasteiger charge is 2.25. The number of nitrogens with one attached hydrogen (secondary N) is 1. The smallest absolute Gasteiger partial charge is 0.223 e. The van der Waals surface area contributed by atoms with Gasteiger partial charge in [0.15, 0.2) is 11.5 Å². The van der Waals surface area contributed by atoms with Crippen molar-refractivity contribution in [3.8, 4) is 17.2 Å². The Balaban J connectivity index is 1.51. The lowest BCUT2D eigenvalue weighted by atomic mass is 9.95. The first-order valence-electron chi connectivity index (χ1n) is 10.4. The Morgan fingerprint density at radius 3 is 2.10 bits per heavy atom. The van der Waals surface area contributed by atoms with Crippen LogP contribution < -0.4 is 19.5 Å². The maximum Gasteiger partial charge on any atom is 0.223 e. The van der Waals surface area contributed by atoms with Gasteiger partial charge < -0.3 is 19.5 Å². The number of methoxy groups -OCH3 is 3. The molecule has 0 saturated carbocycles. The molecule has 1 saturated heterocycles. The molecule has 1 aliphatic rings. The van der Waals surface area contributed by atoms with Crippen LogP contribution in [0, 0.1) is 12.8 Å². The number of rotatable bonds is 8. The molecule has 6 nitrogen and oxygen atoms in total. The lowest BCUT2D eigenvalue weighted by Crippen LogP contribution is -2.40. The molecule has 6 heteroatoms. The van der Waals surface area contributed by atoms with Gasteiger partial charge in [-0.1, -0.05) is 29.8 Å². The number of aryl methyl sites for hydroxylation is 1. The molecule has 3 rings (SSSR count). The van der Waals surface area contributed by atoms with Crippen LogP contribution in [0.4, 0.5) is 0 Å². The van der Waals surface area contributed by atoms with Crippen molar-refractivity contribution < 1.29 is 19.0 Å². The molecule has 1 N–H and O–H groups in total. The normalized spacial score (nSPS) is 14.9. The van der Waals surface area contributed by atoms with Crippen molar-refractivity contribution in [3.05, 3.63) is 53.1 Å². The SMILES string of the molecule is COc1cc(CNC(=O)C2CCN(Cc3ccc(C)cc3)CC2)cc(OC)c1OC. The average Bonchev–Trinajstić information content (AvgIpc) is 2.78.